The fourth-order valence-corrected chi connectivity index (χ4v) is 2.13. The number of aliphatic hydroxyl groups is 1. The molecule has 0 unspecified atom stereocenters. The fraction of sp³-hybridized carbons (Fsp3) is 0.929. The number of aldehydes is 1. The van der Waals surface area contributed by atoms with Crippen LogP contribution in [-0.4, -0.2) is 25.0 Å². The van der Waals surface area contributed by atoms with Gasteiger partial charge in [-0.3, -0.25) is 0 Å². The summed E-state index contributed by atoms with van der Waals surface area (Å²) in [5, 5.41) is 7.00. The Bertz CT molecular complexity index is 168. The van der Waals surface area contributed by atoms with Gasteiger partial charge in [-0.1, -0.05) is 40.5 Å². The Morgan fingerprint density at radius 1 is 1.18 bits per heavy atom. The second kappa shape index (κ2) is 10.7. The Hall–Kier alpha value is -0.410. The molecule has 1 rings (SSSR count). The first-order valence-electron chi connectivity index (χ1n) is 6.50. The van der Waals surface area contributed by atoms with E-state index in [2.05, 4.69) is 33.4 Å². The average molecular weight is 245 g/mol. The highest BCUT2D eigenvalue weighted by Gasteiger charge is 2.27. The van der Waals surface area contributed by atoms with Crippen molar-refractivity contribution in [2.75, 3.05) is 13.7 Å². The van der Waals surface area contributed by atoms with Crippen molar-refractivity contribution < 1.29 is 9.90 Å². The van der Waals surface area contributed by atoms with E-state index in [0.717, 1.165) is 18.9 Å². The summed E-state index contributed by atoms with van der Waals surface area (Å²) >= 11 is 0. The number of rotatable bonds is 1. The first-order chi connectivity index (χ1) is 7.91. The SMILES string of the molecule is CC1CCC(C(C)(C)C)CC1.CO.NCC=O. The van der Waals surface area contributed by atoms with Crippen molar-refractivity contribution >= 4 is 6.29 Å². The molecular weight excluding hydrogens is 214 g/mol. The smallest absolute Gasteiger partial charge is 0.133 e. The van der Waals surface area contributed by atoms with Crippen molar-refractivity contribution in [3.05, 3.63) is 0 Å². The maximum Gasteiger partial charge on any atom is 0.133 e. The molecule has 104 valence electrons. The van der Waals surface area contributed by atoms with Crippen LogP contribution in [0.25, 0.3) is 0 Å². The molecular formula is C14H31NO2. The molecule has 0 bridgehead atoms. The van der Waals surface area contributed by atoms with Gasteiger partial charge in [0.15, 0.2) is 0 Å². The molecule has 0 atom stereocenters. The van der Waals surface area contributed by atoms with Crippen LogP contribution in [0.4, 0.5) is 0 Å². The molecule has 3 N–H and O–H groups in total. The minimum Gasteiger partial charge on any atom is -0.400 e. The zero-order valence-corrected chi connectivity index (χ0v) is 12.2. The van der Waals surface area contributed by atoms with Gasteiger partial charge in [-0.2, -0.15) is 0 Å². The van der Waals surface area contributed by atoms with Gasteiger partial charge in [0.2, 0.25) is 0 Å². The van der Waals surface area contributed by atoms with Crippen LogP contribution in [0.3, 0.4) is 0 Å². The van der Waals surface area contributed by atoms with Gasteiger partial charge >= 0.3 is 0 Å². The molecule has 0 aromatic carbocycles. The maximum atomic E-state index is 9.05. The van der Waals surface area contributed by atoms with E-state index in [-0.39, 0.29) is 6.54 Å². The summed E-state index contributed by atoms with van der Waals surface area (Å²) in [5.41, 5.74) is 5.22. The van der Waals surface area contributed by atoms with Crippen LogP contribution in [-0.2, 0) is 4.79 Å². The first kappa shape index (κ1) is 18.9. The molecule has 1 saturated carbocycles. The first-order valence-corrected chi connectivity index (χ1v) is 6.50. The second-order valence-corrected chi connectivity index (χ2v) is 5.73. The maximum absolute atomic E-state index is 9.05. The third-order valence-electron chi connectivity index (χ3n) is 3.34. The van der Waals surface area contributed by atoms with E-state index in [0.29, 0.717) is 11.7 Å². The number of nitrogens with two attached hydrogens (primary N) is 1. The molecule has 1 fully saturated rings. The van der Waals surface area contributed by atoms with Gasteiger partial charge in [-0.05, 0) is 30.1 Å². The van der Waals surface area contributed by atoms with E-state index in [9.17, 15) is 0 Å². The van der Waals surface area contributed by atoms with Crippen LogP contribution in [0, 0.1) is 17.3 Å². The largest absolute Gasteiger partial charge is 0.400 e. The number of carbonyl (C=O) groups excluding carboxylic acids is 1. The van der Waals surface area contributed by atoms with E-state index < -0.39 is 0 Å². The Morgan fingerprint density at radius 2 is 1.53 bits per heavy atom. The minimum absolute atomic E-state index is 0.139. The van der Waals surface area contributed by atoms with Gasteiger partial charge in [0.05, 0.1) is 0 Å². The molecule has 3 heteroatoms. The van der Waals surface area contributed by atoms with Crippen molar-refractivity contribution in [2.24, 2.45) is 23.0 Å². The highest BCUT2D eigenvalue weighted by atomic mass is 16.2. The lowest BCUT2D eigenvalue weighted by atomic mass is 9.70. The van der Waals surface area contributed by atoms with E-state index in [1.807, 2.05) is 0 Å². The summed E-state index contributed by atoms with van der Waals surface area (Å²) in [4.78, 5) is 9.05. The van der Waals surface area contributed by atoms with Gasteiger partial charge < -0.3 is 15.6 Å². The van der Waals surface area contributed by atoms with Gasteiger partial charge in [0.25, 0.3) is 0 Å². The lowest BCUT2D eigenvalue weighted by Gasteiger charge is -2.35. The van der Waals surface area contributed by atoms with Crippen molar-refractivity contribution in [2.45, 2.75) is 53.4 Å². The van der Waals surface area contributed by atoms with Crippen molar-refractivity contribution in [1.82, 2.24) is 0 Å². The van der Waals surface area contributed by atoms with E-state index in [1.165, 1.54) is 25.7 Å². The summed E-state index contributed by atoms with van der Waals surface area (Å²) in [5.74, 6) is 1.98. The topological polar surface area (TPSA) is 63.3 Å². The van der Waals surface area contributed by atoms with Crippen LogP contribution >= 0.6 is 0 Å². The molecule has 0 heterocycles. The Kier molecular flexibility index (Phi) is 12.0. The van der Waals surface area contributed by atoms with Gasteiger partial charge in [-0.25, -0.2) is 0 Å². The lowest BCUT2D eigenvalue weighted by Crippen LogP contribution is -2.24. The highest BCUT2D eigenvalue weighted by molar-refractivity contribution is 5.51. The number of aliphatic hydroxyl groups excluding tert-OH is 1. The van der Waals surface area contributed by atoms with Crippen molar-refractivity contribution in [1.29, 1.82) is 0 Å². The summed E-state index contributed by atoms with van der Waals surface area (Å²) in [7, 11) is 1.00. The van der Waals surface area contributed by atoms with E-state index in [4.69, 9.17) is 9.90 Å². The zero-order valence-electron chi connectivity index (χ0n) is 12.2. The third kappa shape index (κ3) is 10.5. The molecule has 0 amide bonds. The van der Waals surface area contributed by atoms with Crippen LogP contribution in [0.1, 0.15) is 53.4 Å². The summed E-state index contributed by atoms with van der Waals surface area (Å²) < 4.78 is 0. The Balaban J connectivity index is 0. The summed E-state index contributed by atoms with van der Waals surface area (Å²) in [6, 6.07) is 0. The average Bonchev–Trinajstić information content (AvgIpc) is 2.31. The standard InChI is InChI=1S/C11H22.C2H5NO.CH4O/c1-9-5-7-10(8-6-9)11(2,3)4;3-1-2-4;1-2/h9-10H,5-8H2,1-4H3;2H,1,3H2;2H,1H3. The quantitative estimate of drug-likeness (QED) is 0.698. The Morgan fingerprint density at radius 3 is 1.76 bits per heavy atom. The molecule has 0 saturated heterocycles. The Labute approximate surface area is 107 Å². The molecule has 3 nitrogen and oxygen atoms in total. The molecule has 0 radical (unpaired) electrons. The third-order valence-corrected chi connectivity index (χ3v) is 3.34. The normalized spacial score (nSPS) is 23.7. The van der Waals surface area contributed by atoms with Crippen molar-refractivity contribution in [3.63, 3.8) is 0 Å². The summed E-state index contributed by atoms with van der Waals surface area (Å²) in [6.07, 6.45) is 6.50. The number of carbonyl (C=O) groups is 1. The molecule has 0 aromatic rings. The van der Waals surface area contributed by atoms with E-state index in [1.54, 1.807) is 0 Å². The monoisotopic (exact) mass is 245 g/mol. The molecule has 0 aliphatic heterocycles. The van der Waals surface area contributed by atoms with Crippen LogP contribution in [0.15, 0.2) is 0 Å². The molecule has 1 aliphatic rings. The fourth-order valence-electron chi connectivity index (χ4n) is 2.13. The molecule has 17 heavy (non-hydrogen) atoms. The van der Waals surface area contributed by atoms with Gasteiger partial charge in [-0.15, -0.1) is 0 Å². The van der Waals surface area contributed by atoms with E-state index >= 15 is 0 Å². The number of hydrogen-bond acceptors (Lipinski definition) is 3. The van der Waals surface area contributed by atoms with Crippen molar-refractivity contribution in [3.8, 4) is 0 Å². The highest BCUT2D eigenvalue weighted by Crippen LogP contribution is 2.39. The number of hydrogen-bond donors (Lipinski definition) is 2. The van der Waals surface area contributed by atoms with Crippen LogP contribution in [0.5, 0.6) is 0 Å². The second-order valence-electron chi connectivity index (χ2n) is 5.73. The van der Waals surface area contributed by atoms with Gasteiger partial charge in [0.1, 0.15) is 6.29 Å². The predicted molar refractivity (Wildman–Crippen MR) is 73.8 cm³/mol. The molecule has 1 aliphatic carbocycles. The predicted octanol–water partition coefficient (Wildman–Crippen LogP) is 2.61. The van der Waals surface area contributed by atoms with Crippen LogP contribution in [0.2, 0.25) is 0 Å². The minimum atomic E-state index is 0.139. The van der Waals surface area contributed by atoms with Crippen LogP contribution < -0.4 is 5.73 Å². The molecule has 0 aromatic heterocycles. The summed E-state index contributed by atoms with van der Waals surface area (Å²) in [6.45, 7) is 9.67. The van der Waals surface area contributed by atoms with Gasteiger partial charge in [0, 0.05) is 13.7 Å². The molecule has 0 spiro atoms. The lowest BCUT2D eigenvalue weighted by molar-refractivity contribution is -0.106. The zero-order chi connectivity index (χ0) is 13.9.